The first-order valence-electron chi connectivity index (χ1n) is 8.04. The van der Waals surface area contributed by atoms with Crippen molar-refractivity contribution in [2.24, 2.45) is 0 Å². The van der Waals surface area contributed by atoms with Crippen LogP contribution in [0.2, 0.25) is 0 Å². The second-order valence-electron chi connectivity index (χ2n) is 5.69. The van der Waals surface area contributed by atoms with Crippen molar-refractivity contribution in [3.63, 3.8) is 0 Å². The summed E-state index contributed by atoms with van der Waals surface area (Å²) in [6, 6.07) is 4.26. The van der Waals surface area contributed by atoms with Crippen LogP contribution in [0.1, 0.15) is 38.2 Å². The molecule has 1 rings (SSSR count). The van der Waals surface area contributed by atoms with Crippen molar-refractivity contribution in [2.75, 3.05) is 20.8 Å². The highest BCUT2D eigenvalue weighted by Gasteiger charge is 2.12. The molecule has 0 fully saturated rings. The number of unbranched alkanes of at least 4 members (excludes halogenated alkanes) is 3. The Morgan fingerprint density at radius 1 is 1.09 bits per heavy atom. The fraction of sp³-hybridized carbons (Fsp3) is 0.500. The summed E-state index contributed by atoms with van der Waals surface area (Å²) < 4.78 is 16.1. The van der Waals surface area contributed by atoms with Gasteiger partial charge in [-0.3, -0.25) is 0 Å². The van der Waals surface area contributed by atoms with E-state index in [2.05, 4.69) is 18.7 Å². The quantitative estimate of drug-likeness (QED) is 0.283. The van der Waals surface area contributed by atoms with Crippen LogP contribution in [0.25, 0.3) is 0 Å². The third-order valence-corrected chi connectivity index (χ3v) is 4.51. The van der Waals surface area contributed by atoms with Crippen molar-refractivity contribution in [2.45, 2.75) is 39.0 Å². The lowest BCUT2D eigenvalue weighted by Gasteiger charge is -2.15. The maximum atomic E-state index is 11.2. The zero-order chi connectivity index (χ0) is 17.2. The Morgan fingerprint density at radius 3 is 2.35 bits per heavy atom. The average Bonchev–Trinajstić information content (AvgIpc) is 2.54. The van der Waals surface area contributed by atoms with Gasteiger partial charge in [0.1, 0.15) is 0 Å². The number of carbonyl (C=O) groups excluding carboxylic acids is 1. The third kappa shape index (κ3) is 6.10. The minimum Gasteiger partial charge on any atom is -0.493 e. The molecule has 4 nitrogen and oxygen atoms in total. The number of benzene rings is 1. The Morgan fingerprint density at radius 2 is 1.74 bits per heavy atom. The summed E-state index contributed by atoms with van der Waals surface area (Å²) in [4.78, 5) is 11.2. The molecular formula is C18H28O4Si. The van der Waals surface area contributed by atoms with Gasteiger partial charge in [0.15, 0.2) is 11.5 Å². The van der Waals surface area contributed by atoms with E-state index in [0.29, 0.717) is 12.2 Å². The Hall–Kier alpha value is -1.75. The number of aryl methyl sites for hydroxylation is 1. The molecule has 1 aromatic rings. The molecule has 0 aliphatic heterocycles. The predicted molar refractivity (Wildman–Crippen MR) is 97.1 cm³/mol. The van der Waals surface area contributed by atoms with E-state index < -0.39 is 0 Å². The molecule has 128 valence electrons. The molecule has 0 atom stereocenters. The number of rotatable bonds is 10. The van der Waals surface area contributed by atoms with Crippen LogP contribution in [-0.4, -0.2) is 37.0 Å². The van der Waals surface area contributed by atoms with Crippen molar-refractivity contribution >= 4 is 21.4 Å². The van der Waals surface area contributed by atoms with Gasteiger partial charge in [0.2, 0.25) is 0 Å². The lowest BCUT2D eigenvalue weighted by atomic mass is 10.0. The summed E-state index contributed by atoms with van der Waals surface area (Å²) in [5.74, 6) is 1.45. The highest BCUT2D eigenvalue weighted by atomic mass is 28.1. The van der Waals surface area contributed by atoms with Crippen molar-refractivity contribution in [3.05, 3.63) is 29.8 Å². The highest BCUT2D eigenvalue weighted by Crippen LogP contribution is 2.30. The fourth-order valence-electron chi connectivity index (χ4n) is 2.44. The molecule has 0 saturated carbocycles. The molecule has 23 heavy (non-hydrogen) atoms. The fourth-order valence-corrected chi connectivity index (χ4v) is 3.03. The van der Waals surface area contributed by atoms with Gasteiger partial charge in [0.05, 0.1) is 20.8 Å². The lowest BCUT2D eigenvalue weighted by molar-refractivity contribution is -0.139. The molecule has 0 aliphatic rings. The van der Waals surface area contributed by atoms with Gasteiger partial charge >= 0.3 is 5.97 Å². The van der Waals surface area contributed by atoms with E-state index in [1.54, 1.807) is 21.1 Å². The predicted octanol–water partition coefficient (Wildman–Crippen LogP) is 1.92. The minimum absolute atomic E-state index is 0.301. The molecule has 1 aromatic carbocycles. The van der Waals surface area contributed by atoms with Crippen LogP contribution < -0.4 is 14.7 Å². The summed E-state index contributed by atoms with van der Waals surface area (Å²) in [5.41, 5.74) is 1.64. The Bertz CT molecular complexity index is 540. The van der Waals surface area contributed by atoms with Gasteiger partial charge in [0, 0.05) is 15.8 Å². The van der Waals surface area contributed by atoms with Crippen LogP contribution >= 0.6 is 0 Å². The van der Waals surface area contributed by atoms with E-state index in [1.165, 1.54) is 10.8 Å². The van der Waals surface area contributed by atoms with E-state index in [4.69, 9.17) is 14.2 Å². The molecule has 0 saturated heterocycles. The molecular weight excluding hydrogens is 308 g/mol. The number of esters is 1. The zero-order valence-electron chi connectivity index (χ0n) is 14.7. The smallest absolute Gasteiger partial charge is 0.333 e. The van der Waals surface area contributed by atoms with Crippen LogP contribution in [0, 0.1) is 0 Å². The van der Waals surface area contributed by atoms with Crippen LogP contribution in [0.3, 0.4) is 0 Å². The number of hydrogen-bond donors (Lipinski definition) is 0. The second-order valence-corrected chi connectivity index (χ2v) is 6.77. The molecule has 0 heterocycles. The van der Waals surface area contributed by atoms with Gasteiger partial charge in [-0.1, -0.05) is 31.6 Å². The summed E-state index contributed by atoms with van der Waals surface area (Å²) in [7, 11) is 4.32. The van der Waals surface area contributed by atoms with Gasteiger partial charge in [-0.2, -0.15) is 0 Å². The summed E-state index contributed by atoms with van der Waals surface area (Å²) in [6.07, 6.45) is 5.07. The van der Waals surface area contributed by atoms with Crippen LogP contribution in [0.4, 0.5) is 0 Å². The second kappa shape index (κ2) is 10.1. The highest BCUT2D eigenvalue weighted by molar-refractivity contribution is 6.34. The molecule has 0 radical (unpaired) electrons. The molecule has 0 amide bonds. The normalized spacial score (nSPS) is 10.4. The molecule has 0 aliphatic carbocycles. The molecule has 0 spiro atoms. The summed E-state index contributed by atoms with van der Waals surface area (Å²) in [6.45, 7) is 5.69. The lowest BCUT2D eigenvalue weighted by Crippen LogP contribution is -2.10. The van der Waals surface area contributed by atoms with E-state index in [-0.39, 0.29) is 5.97 Å². The van der Waals surface area contributed by atoms with Gasteiger partial charge in [-0.15, -0.1) is 0 Å². The summed E-state index contributed by atoms with van der Waals surface area (Å²) in [5, 5.41) is 1.22. The van der Waals surface area contributed by atoms with Crippen LogP contribution in [-0.2, 0) is 16.0 Å². The first-order chi connectivity index (χ1) is 11.0. The van der Waals surface area contributed by atoms with Gasteiger partial charge in [0.25, 0.3) is 0 Å². The molecule has 0 N–H and O–H groups in total. The standard InChI is InChI=1S/C18H28O4Si/c1-13(2)18(19)22-12-8-6-5-7-9-14-10-11-15(23)17(21-4)16(14)20-3/h10-11H,1,5-9,12H2,2-4,23H3. The van der Waals surface area contributed by atoms with E-state index >= 15 is 0 Å². The van der Waals surface area contributed by atoms with Crippen molar-refractivity contribution in [1.29, 1.82) is 0 Å². The third-order valence-electron chi connectivity index (χ3n) is 3.72. The van der Waals surface area contributed by atoms with Crippen LogP contribution in [0.15, 0.2) is 24.3 Å². The number of ether oxygens (including phenoxy) is 3. The summed E-state index contributed by atoms with van der Waals surface area (Å²) >= 11 is 0. The Labute approximate surface area is 142 Å². The van der Waals surface area contributed by atoms with E-state index in [9.17, 15) is 4.79 Å². The maximum absolute atomic E-state index is 11.2. The zero-order valence-corrected chi connectivity index (χ0v) is 16.7. The van der Waals surface area contributed by atoms with Gasteiger partial charge < -0.3 is 14.2 Å². The van der Waals surface area contributed by atoms with Crippen molar-refractivity contribution in [1.82, 2.24) is 0 Å². The average molecular weight is 337 g/mol. The monoisotopic (exact) mass is 336 g/mol. The Balaban J connectivity index is 2.34. The van der Waals surface area contributed by atoms with E-state index in [1.807, 2.05) is 0 Å². The maximum Gasteiger partial charge on any atom is 0.333 e. The first-order valence-corrected chi connectivity index (χ1v) is 9.04. The SMILES string of the molecule is C=C(C)C(=O)OCCCCCCc1ccc([SiH3])c(OC)c1OC. The Kier molecular flexibility index (Phi) is 8.47. The van der Waals surface area contributed by atoms with Crippen molar-refractivity contribution in [3.8, 4) is 11.5 Å². The number of carbonyl (C=O) groups is 1. The van der Waals surface area contributed by atoms with E-state index in [0.717, 1.165) is 53.8 Å². The first kappa shape index (κ1) is 19.3. The van der Waals surface area contributed by atoms with Crippen LogP contribution in [0.5, 0.6) is 11.5 Å². The van der Waals surface area contributed by atoms with Gasteiger partial charge in [-0.25, -0.2) is 4.79 Å². The topological polar surface area (TPSA) is 44.8 Å². The minimum atomic E-state index is -0.301. The number of hydrogen-bond acceptors (Lipinski definition) is 4. The van der Waals surface area contributed by atoms with Gasteiger partial charge in [-0.05, 0) is 36.9 Å². The molecule has 5 heteroatoms. The number of methoxy groups -OCH3 is 2. The molecule has 0 bridgehead atoms. The largest absolute Gasteiger partial charge is 0.493 e. The molecule has 0 aromatic heterocycles. The van der Waals surface area contributed by atoms with Crippen molar-refractivity contribution < 1.29 is 19.0 Å². The molecule has 0 unspecified atom stereocenters.